The maximum Gasteiger partial charge on any atom is 0.242 e. The Labute approximate surface area is 120 Å². The number of benzene rings is 1. The summed E-state index contributed by atoms with van der Waals surface area (Å²) < 4.78 is 0. The predicted molar refractivity (Wildman–Crippen MR) is 82.2 cm³/mol. The summed E-state index contributed by atoms with van der Waals surface area (Å²) in [6.07, 6.45) is 3.42. The van der Waals surface area contributed by atoms with E-state index in [1.54, 1.807) is 0 Å². The van der Waals surface area contributed by atoms with Crippen molar-refractivity contribution in [1.29, 1.82) is 0 Å². The molecule has 1 saturated carbocycles. The molecule has 0 unspecified atom stereocenters. The molecule has 1 N–H and O–H groups in total. The van der Waals surface area contributed by atoms with Crippen molar-refractivity contribution in [1.82, 2.24) is 4.90 Å². The van der Waals surface area contributed by atoms with Crippen LogP contribution in [0.15, 0.2) is 24.3 Å². The minimum Gasteiger partial charge on any atom is -0.383 e. The lowest BCUT2D eigenvalue weighted by Gasteiger charge is -2.28. The Kier molecular flexibility index (Phi) is 3.81. The second kappa shape index (κ2) is 5.73. The fraction of sp³-hybridized carbons (Fsp3) is 0.562. The lowest BCUT2D eigenvalue weighted by Crippen LogP contribution is -2.41. The monoisotopic (exact) mass is 273 g/mol. The van der Waals surface area contributed by atoms with Crippen LogP contribution in [0.5, 0.6) is 0 Å². The van der Waals surface area contributed by atoms with Gasteiger partial charge in [0.1, 0.15) is 0 Å². The van der Waals surface area contributed by atoms with Crippen LogP contribution >= 0.6 is 0 Å². The Balaban J connectivity index is 1.74. The van der Waals surface area contributed by atoms with E-state index in [1.807, 2.05) is 17.0 Å². The molecule has 1 aromatic rings. The normalized spacial score (nSPS) is 17.9. The first-order valence-electron chi connectivity index (χ1n) is 7.67. The molecule has 1 heterocycles. The van der Waals surface area contributed by atoms with Crippen LogP contribution in [0, 0.1) is 0 Å². The van der Waals surface area contributed by atoms with Crippen LogP contribution in [-0.2, 0) is 4.79 Å². The zero-order valence-electron chi connectivity index (χ0n) is 12.1. The van der Waals surface area contributed by atoms with Crippen LogP contribution in [0.1, 0.15) is 26.2 Å². The van der Waals surface area contributed by atoms with Gasteiger partial charge in [-0.1, -0.05) is 12.1 Å². The molecule has 0 bridgehead atoms. The van der Waals surface area contributed by atoms with Gasteiger partial charge in [0, 0.05) is 25.7 Å². The number of para-hydroxylation sites is 2. The number of fused-ring (bicyclic) bond motifs is 1. The van der Waals surface area contributed by atoms with Crippen molar-refractivity contribution < 1.29 is 4.79 Å². The van der Waals surface area contributed by atoms with Gasteiger partial charge in [-0.3, -0.25) is 4.79 Å². The molecule has 4 nitrogen and oxygen atoms in total. The van der Waals surface area contributed by atoms with Gasteiger partial charge < -0.3 is 15.1 Å². The molecule has 1 amide bonds. The summed E-state index contributed by atoms with van der Waals surface area (Å²) >= 11 is 0. The number of hydrogen-bond acceptors (Lipinski definition) is 3. The van der Waals surface area contributed by atoms with E-state index in [4.69, 9.17) is 0 Å². The van der Waals surface area contributed by atoms with Crippen molar-refractivity contribution in [3.05, 3.63) is 24.3 Å². The van der Waals surface area contributed by atoms with E-state index in [1.165, 1.54) is 12.8 Å². The van der Waals surface area contributed by atoms with E-state index in [-0.39, 0.29) is 5.91 Å². The minimum absolute atomic E-state index is 0.270. The van der Waals surface area contributed by atoms with E-state index in [9.17, 15) is 4.79 Å². The second-order valence-electron chi connectivity index (χ2n) is 5.63. The maximum absolute atomic E-state index is 12.5. The Morgan fingerprint density at radius 2 is 2.20 bits per heavy atom. The number of carbonyl (C=O) groups excluding carboxylic acids is 1. The lowest BCUT2D eigenvalue weighted by atomic mass is 10.2. The molecule has 1 aliphatic carbocycles. The number of carbonyl (C=O) groups is 1. The molecule has 3 rings (SSSR count). The first kappa shape index (κ1) is 13.3. The highest BCUT2D eigenvalue weighted by Gasteiger charge is 2.32. The second-order valence-corrected chi connectivity index (χ2v) is 5.63. The van der Waals surface area contributed by atoms with Gasteiger partial charge in [0.2, 0.25) is 5.91 Å². The first-order chi connectivity index (χ1) is 9.79. The van der Waals surface area contributed by atoms with Crippen molar-refractivity contribution in [3.63, 3.8) is 0 Å². The molecular formula is C16H23N3O. The summed E-state index contributed by atoms with van der Waals surface area (Å²) in [7, 11) is 0. The van der Waals surface area contributed by atoms with E-state index >= 15 is 0 Å². The summed E-state index contributed by atoms with van der Waals surface area (Å²) in [5.41, 5.74) is 2.30. The highest BCUT2D eigenvalue weighted by Crippen LogP contribution is 2.30. The van der Waals surface area contributed by atoms with E-state index in [0.29, 0.717) is 12.6 Å². The average molecular weight is 273 g/mol. The molecule has 0 spiro atoms. The van der Waals surface area contributed by atoms with Crippen LogP contribution in [0.25, 0.3) is 0 Å². The van der Waals surface area contributed by atoms with Gasteiger partial charge in [0.15, 0.2) is 0 Å². The van der Waals surface area contributed by atoms with Crippen LogP contribution in [0.3, 0.4) is 0 Å². The molecule has 20 heavy (non-hydrogen) atoms. The third kappa shape index (κ3) is 2.74. The summed E-state index contributed by atoms with van der Waals surface area (Å²) in [4.78, 5) is 16.8. The van der Waals surface area contributed by atoms with Gasteiger partial charge in [0.05, 0.1) is 17.9 Å². The molecule has 0 atom stereocenters. The summed E-state index contributed by atoms with van der Waals surface area (Å²) in [5, 5.41) is 3.44. The van der Waals surface area contributed by atoms with Crippen molar-refractivity contribution in [3.8, 4) is 0 Å². The van der Waals surface area contributed by atoms with Gasteiger partial charge in [-0.15, -0.1) is 0 Å². The maximum atomic E-state index is 12.5. The summed E-state index contributed by atoms with van der Waals surface area (Å²) in [5.74, 6) is 0.270. The van der Waals surface area contributed by atoms with Crippen LogP contribution < -0.4 is 10.2 Å². The van der Waals surface area contributed by atoms with Crippen LogP contribution in [0.2, 0.25) is 0 Å². The Morgan fingerprint density at radius 3 is 2.95 bits per heavy atom. The fourth-order valence-electron chi connectivity index (χ4n) is 2.96. The van der Waals surface area contributed by atoms with E-state index in [2.05, 4.69) is 29.3 Å². The number of hydrogen-bond donors (Lipinski definition) is 1. The zero-order chi connectivity index (χ0) is 13.9. The number of nitrogens with zero attached hydrogens (tertiary/aromatic N) is 2. The lowest BCUT2D eigenvalue weighted by molar-refractivity contribution is -0.130. The van der Waals surface area contributed by atoms with Gasteiger partial charge >= 0.3 is 0 Å². The molecule has 2 aliphatic rings. The largest absolute Gasteiger partial charge is 0.383 e. The zero-order valence-corrected chi connectivity index (χ0v) is 12.1. The predicted octanol–water partition coefficient (Wildman–Crippen LogP) is 2.32. The average Bonchev–Trinajstić information content (AvgIpc) is 3.28. The van der Waals surface area contributed by atoms with E-state index < -0.39 is 0 Å². The van der Waals surface area contributed by atoms with Gasteiger partial charge in [-0.25, -0.2) is 0 Å². The number of rotatable bonds is 4. The van der Waals surface area contributed by atoms with Crippen molar-refractivity contribution in [2.45, 2.75) is 32.2 Å². The van der Waals surface area contributed by atoms with Crippen LogP contribution in [-0.4, -0.2) is 43.0 Å². The van der Waals surface area contributed by atoms with Crippen molar-refractivity contribution in [2.75, 3.05) is 36.4 Å². The highest BCUT2D eigenvalue weighted by atomic mass is 16.2. The summed E-state index contributed by atoms with van der Waals surface area (Å²) in [6.45, 7) is 5.33. The molecule has 108 valence electrons. The quantitative estimate of drug-likeness (QED) is 0.914. The molecule has 4 heteroatoms. The Hall–Kier alpha value is -1.71. The number of anilines is 2. The van der Waals surface area contributed by atoms with Crippen LogP contribution in [0.4, 0.5) is 11.4 Å². The summed E-state index contributed by atoms with van der Waals surface area (Å²) in [6, 6.07) is 8.79. The molecule has 0 saturated heterocycles. The van der Waals surface area contributed by atoms with Gasteiger partial charge in [-0.05, 0) is 38.3 Å². The molecule has 1 aliphatic heterocycles. The molecular weight excluding hydrogens is 250 g/mol. The van der Waals surface area contributed by atoms with E-state index in [0.717, 1.165) is 37.4 Å². The number of nitrogens with one attached hydrogen (secondary N) is 1. The molecule has 0 aromatic heterocycles. The Bertz CT molecular complexity index is 484. The smallest absolute Gasteiger partial charge is 0.242 e. The third-order valence-electron chi connectivity index (χ3n) is 4.14. The standard InChI is InChI=1S/C16H23N3O/c1-2-19(13-8-9-13)16(20)12-18-11-5-10-17-14-6-3-4-7-15(14)18/h3-4,6-7,13,17H,2,5,8-12H2,1H3. The third-order valence-corrected chi connectivity index (χ3v) is 4.14. The minimum atomic E-state index is 0.270. The number of amides is 1. The number of likely N-dealkylation sites (N-methyl/N-ethyl adjacent to an activating group) is 1. The topological polar surface area (TPSA) is 35.6 Å². The first-order valence-corrected chi connectivity index (χ1v) is 7.67. The van der Waals surface area contributed by atoms with Gasteiger partial charge in [0.25, 0.3) is 0 Å². The van der Waals surface area contributed by atoms with Crippen molar-refractivity contribution in [2.24, 2.45) is 0 Å². The van der Waals surface area contributed by atoms with Gasteiger partial charge in [-0.2, -0.15) is 0 Å². The Morgan fingerprint density at radius 1 is 1.40 bits per heavy atom. The molecule has 0 radical (unpaired) electrons. The molecule has 1 fully saturated rings. The highest BCUT2D eigenvalue weighted by molar-refractivity contribution is 5.84. The SMILES string of the molecule is CCN(C(=O)CN1CCCNc2ccccc21)C1CC1. The van der Waals surface area contributed by atoms with Crippen molar-refractivity contribution >= 4 is 17.3 Å². The molecule has 1 aromatic carbocycles. The fourth-order valence-corrected chi connectivity index (χ4v) is 2.96.